The lowest BCUT2D eigenvalue weighted by atomic mass is 10.0. The summed E-state index contributed by atoms with van der Waals surface area (Å²) in [5.74, 6) is -0.178. The molecule has 2 aromatic rings. The molecule has 0 heterocycles. The van der Waals surface area contributed by atoms with Gasteiger partial charge in [0.25, 0.3) is 0 Å². The maximum Gasteiger partial charge on any atom is 0.339 e. The van der Waals surface area contributed by atoms with E-state index in [4.69, 9.17) is 15.2 Å². The van der Waals surface area contributed by atoms with Crippen molar-refractivity contribution in [3.8, 4) is 11.5 Å². The Morgan fingerprint density at radius 3 is 2.33 bits per heavy atom. The van der Waals surface area contributed by atoms with Gasteiger partial charge in [0.15, 0.2) is 0 Å². The Hall–Kier alpha value is -3.81. The lowest BCUT2D eigenvalue weighted by molar-refractivity contribution is -0.132. The second-order valence-corrected chi connectivity index (χ2v) is 8.14. The molecular weight excluding hydrogens is 422 g/mol. The fourth-order valence-electron chi connectivity index (χ4n) is 3.17. The van der Waals surface area contributed by atoms with Crippen molar-refractivity contribution in [3.05, 3.63) is 65.2 Å². The first-order valence-corrected chi connectivity index (χ1v) is 10.4. The zero-order valence-corrected chi connectivity index (χ0v) is 19.6. The molecule has 176 valence electrons. The van der Waals surface area contributed by atoms with Crippen LogP contribution < -0.4 is 20.5 Å². The number of rotatable bonds is 10. The van der Waals surface area contributed by atoms with Gasteiger partial charge in [-0.25, -0.2) is 4.79 Å². The number of nitrogens with zero attached hydrogens (tertiary/aromatic N) is 1. The number of benzene rings is 2. The number of nitrogens with one attached hydrogen (secondary N) is 1. The summed E-state index contributed by atoms with van der Waals surface area (Å²) >= 11 is 0. The van der Waals surface area contributed by atoms with Crippen molar-refractivity contribution in [3.63, 3.8) is 0 Å². The predicted octanol–water partition coefficient (Wildman–Crippen LogP) is 3.06. The van der Waals surface area contributed by atoms with Crippen molar-refractivity contribution in [2.24, 2.45) is 10.7 Å². The van der Waals surface area contributed by atoms with E-state index in [1.165, 1.54) is 7.05 Å². The van der Waals surface area contributed by atoms with E-state index in [0.29, 0.717) is 17.0 Å². The van der Waals surface area contributed by atoms with Crippen LogP contribution in [0, 0.1) is 0 Å². The van der Waals surface area contributed by atoms with Gasteiger partial charge < -0.3 is 25.6 Å². The molecule has 0 bridgehead atoms. The molecular formula is C25H31N3O5. The molecule has 8 heteroatoms. The number of hydrogen-bond acceptors (Lipinski definition) is 6. The molecule has 0 atom stereocenters. The van der Waals surface area contributed by atoms with E-state index < -0.39 is 11.5 Å². The Balaban J connectivity index is 2.13. The molecule has 0 saturated heterocycles. The van der Waals surface area contributed by atoms with Crippen LogP contribution in [0.3, 0.4) is 0 Å². The highest BCUT2D eigenvalue weighted by Gasteiger charge is 2.24. The molecule has 0 fully saturated rings. The number of carboxylic acids is 1. The average molecular weight is 454 g/mol. The van der Waals surface area contributed by atoms with Crippen LogP contribution in [0.2, 0.25) is 0 Å². The van der Waals surface area contributed by atoms with Gasteiger partial charge >= 0.3 is 5.97 Å². The molecule has 0 aliphatic heterocycles. The van der Waals surface area contributed by atoms with E-state index >= 15 is 0 Å². The maximum absolute atomic E-state index is 12.5. The van der Waals surface area contributed by atoms with Crippen LogP contribution in [0.5, 0.6) is 11.5 Å². The van der Waals surface area contributed by atoms with Crippen LogP contribution in [0.4, 0.5) is 0 Å². The second kappa shape index (κ2) is 11.2. The molecule has 0 radical (unpaired) electrons. The topological polar surface area (TPSA) is 123 Å². The number of aliphatic carboxylic acids is 1. The maximum atomic E-state index is 12.5. The Labute approximate surface area is 194 Å². The van der Waals surface area contributed by atoms with E-state index in [1.807, 2.05) is 38.1 Å². The number of para-hydroxylation sites is 1. The number of carboxylic acid groups (broad SMARTS) is 1. The van der Waals surface area contributed by atoms with Crippen molar-refractivity contribution < 1.29 is 24.2 Å². The van der Waals surface area contributed by atoms with E-state index in [9.17, 15) is 14.7 Å². The number of ether oxygens (including phenoxy) is 2. The third-order valence-corrected chi connectivity index (χ3v) is 4.95. The minimum atomic E-state index is -1.17. The zero-order valence-electron chi connectivity index (χ0n) is 19.6. The van der Waals surface area contributed by atoms with Gasteiger partial charge in [0, 0.05) is 18.3 Å². The molecule has 0 aliphatic rings. The minimum Gasteiger partial charge on any atom is -0.497 e. The Bertz CT molecular complexity index is 1060. The van der Waals surface area contributed by atoms with Crippen LogP contribution >= 0.6 is 0 Å². The standard InChI is InChI=1S/C25H31N3O5/c1-16(27-4)22(24(30)31)23(26)19-8-6-7-9-20(19)33-15-25(2,3)28-21(29)14-17-10-12-18(32-5)13-11-17/h6-13H,14-15,26H2,1-5H3,(H,28,29)(H,30,31)/b23-22-,27-16-. The summed E-state index contributed by atoms with van der Waals surface area (Å²) in [7, 11) is 3.10. The summed E-state index contributed by atoms with van der Waals surface area (Å²) in [6.45, 7) is 5.42. The first kappa shape index (κ1) is 25.5. The normalized spacial score (nSPS) is 12.6. The van der Waals surface area contributed by atoms with Gasteiger partial charge in [0.2, 0.25) is 5.91 Å². The van der Waals surface area contributed by atoms with Gasteiger partial charge in [-0.1, -0.05) is 24.3 Å². The van der Waals surface area contributed by atoms with E-state index in [0.717, 1.165) is 11.3 Å². The van der Waals surface area contributed by atoms with Crippen LogP contribution in [0.15, 0.2) is 59.1 Å². The van der Waals surface area contributed by atoms with E-state index in [-0.39, 0.29) is 30.2 Å². The second-order valence-electron chi connectivity index (χ2n) is 8.14. The van der Waals surface area contributed by atoms with Crippen molar-refractivity contribution in [2.45, 2.75) is 32.7 Å². The number of amides is 1. The molecule has 33 heavy (non-hydrogen) atoms. The van der Waals surface area contributed by atoms with Crippen molar-refractivity contribution in [1.29, 1.82) is 0 Å². The summed E-state index contributed by atoms with van der Waals surface area (Å²) in [4.78, 5) is 28.2. The first-order chi connectivity index (χ1) is 15.6. The summed E-state index contributed by atoms with van der Waals surface area (Å²) in [5, 5.41) is 12.6. The number of carbonyl (C=O) groups excluding carboxylic acids is 1. The van der Waals surface area contributed by atoms with Crippen LogP contribution in [0.1, 0.15) is 31.9 Å². The third kappa shape index (κ3) is 7.10. The zero-order chi connectivity index (χ0) is 24.6. The van der Waals surface area contributed by atoms with Crippen LogP contribution in [-0.2, 0) is 16.0 Å². The fraction of sp³-hybridized carbons (Fsp3) is 0.320. The largest absolute Gasteiger partial charge is 0.497 e. The molecule has 0 aliphatic carbocycles. The predicted molar refractivity (Wildman–Crippen MR) is 129 cm³/mol. The van der Waals surface area contributed by atoms with Crippen LogP contribution in [-0.4, -0.2) is 49.0 Å². The van der Waals surface area contributed by atoms with Gasteiger partial charge in [-0.2, -0.15) is 0 Å². The number of hydrogen-bond donors (Lipinski definition) is 3. The Kier molecular flexibility index (Phi) is 8.62. The highest BCUT2D eigenvalue weighted by Crippen LogP contribution is 2.26. The minimum absolute atomic E-state index is 0.0579. The quantitative estimate of drug-likeness (QED) is 0.375. The van der Waals surface area contributed by atoms with Gasteiger partial charge in [-0.3, -0.25) is 9.79 Å². The first-order valence-electron chi connectivity index (χ1n) is 10.4. The van der Waals surface area contributed by atoms with Gasteiger partial charge in [-0.15, -0.1) is 0 Å². The van der Waals surface area contributed by atoms with E-state index in [1.54, 1.807) is 38.3 Å². The fourth-order valence-corrected chi connectivity index (χ4v) is 3.17. The average Bonchev–Trinajstić information content (AvgIpc) is 2.77. The molecule has 4 N–H and O–H groups in total. The molecule has 0 unspecified atom stereocenters. The Morgan fingerprint density at radius 2 is 1.76 bits per heavy atom. The van der Waals surface area contributed by atoms with Gasteiger partial charge in [0.1, 0.15) is 23.7 Å². The lowest BCUT2D eigenvalue weighted by Crippen LogP contribution is -2.48. The van der Waals surface area contributed by atoms with E-state index in [2.05, 4.69) is 10.3 Å². The van der Waals surface area contributed by atoms with Gasteiger partial charge in [0.05, 0.1) is 24.8 Å². The summed E-state index contributed by atoms with van der Waals surface area (Å²) in [6.07, 6.45) is 0.220. The molecule has 1 amide bonds. The molecule has 0 aromatic heterocycles. The van der Waals surface area contributed by atoms with Crippen molar-refractivity contribution in [1.82, 2.24) is 5.32 Å². The highest BCUT2D eigenvalue weighted by molar-refractivity contribution is 6.23. The molecule has 8 nitrogen and oxygen atoms in total. The Morgan fingerprint density at radius 1 is 1.12 bits per heavy atom. The number of aliphatic imine (C=N–C) groups is 1. The summed E-state index contributed by atoms with van der Waals surface area (Å²) < 4.78 is 11.1. The van der Waals surface area contributed by atoms with Crippen molar-refractivity contribution >= 4 is 23.3 Å². The van der Waals surface area contributed by atoms with Crippen molar-refractivity contribution in [2.75, 3.05) is 20.8 Å². The summed E-state index contributed by atoms with van der Waals surface area (Å²) in [6, 6.07) is 14.2. The molecule has 2 aromatic carbocycles. The smallest absolute Gasteiger partial charge is 0.339 e. The molecule has 0 saturated carbocycles. The lowest BCUT2D eigenvalue weighted by Gasteiger charge is -2.27. The van der Waals surface area contributed by atoms with Crippen LogP contribution in [0.25, 0.3) is 5.70 Å². The third-order valence-electron chi connectivity index (χ3n) is 4.95. The van der Waals surface area contributed by atoms with Gasteiger partial charge in [-0.05, 0) is 50.6 Å². The number of nitrogens with two attached hydrogens (primary N) is 1. The molecule has 0 spiro atoms. The molecule has 2 rings (SSSR count). The SMILES string of the molecule is C/N=C(C)\C(C(=O)O)=C(\N)c1ccccc1OCC(C)(C)NC(=O)Cc1ccc(OC)cc1. The summed E-state index contributed by atoms with van der Waals surface area (Å²) in [5.41, 5.74) is 7.10. The monoisotopic (exact) mass is 453 g/mol. The highest BCUT2D eigenvalue weighted by atomic mass is 16.5. The number of carbonyl (C=O) groups is 2. The number of methoxy groups -OCH3 is 1.